The van der Waals surface area contributed by atoms with E-state index in [0.29, 0.717) is 6.04 Å². The second kappa shape index (κ2) is 6.76. The van der Waals surface area contributed by atoms with Crippen molar-refractivity contribution in [3.8, 4) is 0 Å². The average Bonchev–Trinajstić information content (AvgIpc) is 2.40. The zero-order valence-corrected chi connectivity index (χ0v) is 13.1. The van der Waals surface area contributed by atoms with Gasteiger partial charge in [0, 0.05) is 31.9 Å². The molecular formula is C16H31N3. The first-order valence-corrected chi connectivity index (χ1v) is 7.88. The van der Waals surface area contributed by atoms with Gasteiger partial charge in [-0.1, -0.05) is 25.8 Å². The van der Waals surface area contributed by atoms with E-state index in [-0.39, 0.29) is 0 Å². The number of rotatable bonds is 4. The third-order valence-corrected chi connectivity index (χ3v) is 4.90. The van der Waals surface area contributed by atoms with Crippen molar-refractivity contribution in [2.24, 2.45) is 5.92 Å². The Bertz CT molecular complexity index is 286. The molecule has 0 spiro atoms. The smallest absolute Gasteiger partial charge is 0.0514 e. The predicted octanol–water partition coefficient (Wildman–Crippen LogP) is 2.26. The van der Waals surface area contributed by atoms with Gasteiger partial charge in [-0.15, -0.1) is 0 Å². The van der Waals surface area contributed by atoms with Crippen molar-refractivity contribution in [3.05, 3.63) is 12.3 Å². The summed E-state index contributed by atoms with van der Waals surface area (Å²) in [5.41, 5.74) is 1.37. The monoisotopic (exact) mass is 265 g/mol. The number of hydrogen-bond acceptors (Lipinski definition) is 3. The lowest BCUT2D eigenvalue weighted by atomic mass is 9.82. The fourth-order valence-electron chi connectivity index (χ4n) is 3.72. The van der Waals surface area contributed by atoms with Gasteiger partial charge < -0.3 is 14.7 Å². The SMILES string of the molecule is C=C([C@H](C1CCCCC1)N(C)C)N1CCN(C)CC1. The minimum Gasteiger partial charge on any atom is -0.371 e. The minimum atomic E-state index is 0.545. The van der Waals surface area contributed by atoms with Crippen LogP contribution in [0.4, 0.5) is 0 Å². The maximum absolute atomic E-state index is 4.47. The molecule has 3 heteroatoms. The van der Waals surface area contributed by atoms with Crippen molar-refractivity contribution < 1.29 is 0 Å². The molecule has 0 amide bonds. The van der Waals surface area contributed by atoms with Gasteiger partial charge in [0.05, 0.1) is 6.04 Å². The van der Waals surface area contributed by atoms with Gasteiger partial charge in [0.2, 0.25) is 0 Å². The molecule has 1 saturated carbocycles. The Morgan fingerprint density at radius 1 is 1.05 bits per heavy atom. The lowest BCUT2D eigenvalue weighted by Crippen LogP contribution is -2.49. The maximum Gasteiger partial charge on any atom is 0.0514 e. The van der Waals surface area contributed by atoms with Crippen LogP contribution in [-0.4, -0.2) is 68.1 Å². The summed E-state index contributed by atoms with van der Waals surface area (Å²) < 4.78 is 0. The highest BCUT2D eigenvalue weighted by Crippen LogP contribution is 2.32. The van der Waals surface area contributed by atoms with Gasteiger partial charge in [-0.05, 0) is 39.9 Å². The number of piperazine rings is 1. The van der Waals surface area contributed by atoms with Gasteiger partial charge in [-0.25, -0.2) is 0 Å². The van der Waals surface area contributed by atoms with Crippen LogP contribution in [0.1, 0.15) is 32.1 Å². The Labute approximate surface area is 119 Å². The molecule has 19 heavy (non-hydrogen) atoms. The van der Waals surface area contributed by atoms with E-state index in [1.165, 1.54) is 50.9 Å². The largest absolute Gasteiger partial charge is 0.371 e. The molecule has 0 aromatic rings. The Kier molecular flexibility index (Phi) is 5.28. The summed E-state index contributed by atoms with van der Waals surface area (Å²) in [4.78, 5) is 7.34. The van der Waals surface area contributed by atoms with Crippen molar-refractivity contribution in [1.29, 1.82) is 0 Å². The van der Waals surface area contributed by atoms with E-state index in [1.807, 2.05) is 0 Å². The van der Waals surface area contributed by atoms with E-state index in [2.05, 4.69) is 42.4 Å². The number of hydrogen-bond donors (Lipinski definition) is 0. The van der Waals surface area contributed by atoms with Gasteiger partial charge in [-0.3, -0.25) is 0 Å². The molecule has 0 radical (unpaired) electrons. The van der Waals surface area contributed by atoms with E-state index in [4.69, 9.17) is 0 Å². The molecule has 3 nitrogen and oxygen atoms in total. The molecule has 2 fully saturated rings. The Hall–Kier alpha value is -0.540. The van der Waals surface area contributed by atoms with Crippen LogP contribution in [0.3, 0.4) is 0 Å². The number of likely N-dealkylation sites (N-methyl/N-ethyl adjacent to an activating group) is 2. The second-order valence-corrected chi connectivity index (χ2v) is 6.59. The third kappa shape index (κ3) is 3.73. The molecule has 0 bridgehead atoms. The summed E-state index contributed by atoms with van der Waals surface area (Å²) in [7, 11) is 6.66. The van der Waals surface area contributed by atoms with Crippen molar-refractivity contribution in [2.75, 3.05) is 47.3 Å². The standard InChI is InChI=1S/C16H31N3/c1-14(19-12-10-18(4)11-13-19)16(17(2)3)15-8-6-5-7-9-15/h15-16H,1,5-13H2,2-4H3/t16-/m1/s1. The van der Waals surface area contributed by atoms with Gasteiger partial charge in [0.25, 0.3) is 0 Å². The molecule has 0 unspecified atom stereocenters. The quantitative estimate of drug-likeness (QED) is 0.772. The fourth-order valence-corrected chi connectivity index (χ4v) is 3.72. The first kappa shape index (κ1) is 14.9. The van der Waals surface area contributed by atoms with Crippen molar-refractivity contribution in [3.63, 3.8) is 0 Å². The first-order chi connectivity index (χ1) is 9.09. The zero-order chi connectivity index (χ0) is 13.8. The van der Waals surface area contributed by atoms with Crippen LogP contribution in [0, 0.1) is 5.92 Å². The van der Waals surface area contributed by atoms with Crippen LogP contribution in [0.2, 0.25) is 0 Å². The van der Waals surface area contributed by atoms with Gasteiger partial charge in [0.15, 0.2) is 0 Å². The molecule has 1 saturated heterocycles. The van der Waals surface area contributed by atoms with Crippen molar-refractivity contribution in [2.45, 2.75) is 38.1 Å². The number of nitrogens with zero attached hydrogens (tertiary/aromatic N) is 3. The summed E-state index contributed by atoms with van der Waals surface area (Å²) in [5.74, 6) is 0.816. The Morgan fingerprint density at radius 3 is 2.16 bits per heavy atom. The highest BCUT2D eigenvalue weighted by atomic mass is 15.3. The van der Waals surface area contributed by atoms with Gasteiger partial charge in [-0.2, -0.15) is 0 Å². The Balaban J connectivity index is 1.99. The molecule has 1 aliphatic carbocycles. The third-order valence-electron chi connectivity index (χ3n) is 4.90. The molecule has 0 aromatic carbocycles. The molecular weight excluding hydrogens is 234 g/mol. The molecule has 0 N–H and O–H groups in total. The molecule has 0 aromatic heterocycles. The normalized spacial score (nSPS) is 24.7. The maximum atomic E-state index is 4.47. The summed E-state index contributed by atoms with van der Waals surface area (Å²) in [6, 6.07) is 0.545. The molecule has 1 atom stereocenters. The van der Waals surface area contributed by atoms with Crippen LogP contribution >= 0.6 is 0 Å². The second-order valence-electron chi connectivity index (χ2n) is 6.59. The van der Waals surface area contributed by atoms with Crippen LogP contribution in [-0.2, 0) is 0 Å². The van der Waals surface area contributed by atoms with Crippen molar-refractivity contribution in [1.82, 2.24) is 14.7 Å². The van der Waals surface area contributed by atoms with Crippen LogP contribution < -0.4 is 0 Å². The summed E-state index contributed by atoms with van der Waals surface area (Å²) >= 11 is 0. The summed E-state index contributed by atoms with van der Waals surface area (Å²) in [6.07, 6.45) is 7.01. The predicted molar refractivity (Wildman–Crippen MR) is 82.3 cm³/mol. The van der Waals surface area contributed by atoms with Crippen LogP contribution in [0.5, 0.6) is 0 Å². The molecule has 1 aliphatic heterocycles. The molecule has 2 aliphatic rings. The lowest BCUT2D eigenvalue weighted by molar-refractivity contribution is 0.127. The van der Waals surface area contributed by atoms with E-state index in [1.54, 1.807) is 0 Å². The topological polar surface area (TPSA) is 9.72 Å². The van der Waals surface area contributed by atoms with E-state index in [0.717, 1.165) is 19.0 Å². The fraction of sp³-hybridized carbons (Fsp3) is 0.875. The molecule has 1 heterocycles. The molecule has 110 valence electrons. The van der Waals surface area contributed by atoms with Crippen molar-refractivity contribution >= 4 is 0 Å². The molecule has 2 rings (SSSR count). The Morgan fingerprint density at radius 2 is 1.63 bits per heavy atom. The average molecular weight is 265 g/mol. The summed E-state index contributed by atoms with van der Waals surface area (Å²) in [6.45, 7) is 9.10. The lowest BCUT2D eigenvalue weighted by Gasteiger charge is -2.43. The minimum absolute atomic E-state index is 0.545. The van der Waals surface area contributed by atoms with Gasteiger partial charge >= 0.3 is 0 Å². The first-order valence-electron chi connectivity index (χ1n) is 7.88. The van der Waals surface area contributed by atoms with E-state index < -0.39 is 0 Å². The zero-order valence-electron chi connectivity index (χ0n) is 13.1. The van der Waals surface area contributed by atoms with E-state index >= 15 is 0 Å². The highest BCUT2D eigenvalue weighted by molar-refractivity contribution is 5.08. The highest BCUT2D eigenvalue weighted by Gasteiger charge is 2.30. The summed E-state index contributed by atoms with van der Waals surface area (Å²) in [5, 5.41) is 0. The van der Waals surface area contributed by atoms with Crippen LogP contribution in [0.15, 0.2) is 12.3 Å². The van der Waals surface area contributed by atoms with Gasteiger partial charge in [0.1, 0.15) is 0 Å². The van der Waals surface area contributed by atoms with Crippen LogP contribution in [0.25, 0.3) is 0 Å². The van der Waals surface area contributed by atoms with E-state index in [9.17, 15) is 0 Å².